The van der Waals surface area contributed by atoms with Gasteiger partial charge in [0, 0.05) is 15.5 Å². The lowest BCUT2D eigenvalue weighted by atomic mass is 9.96. The van der Waals surface area contributed by atoms with Crippen molar-refractivity contribution in [2.24, 2.45) is 0 Å². The first-order valence-corrected chi connectivity index (χ1v) is 8.57. The van der Waals surface area contributed by atoms with Crippen LogP contribution in [0.5, 0.6) is 0 Å². The quantitative estimate of drug-likeness (QED) is 0.796. The second-order valence-electron chi connectivity index (χ2n) is 5.67. The summed E-state index contributed by atoms with van der Waals surface area (Å²) in [6.45, 7) is 0. The molecule has 0 fully saturated rings. The zero-order valence-corrected chi connectivity index (χ0v) is 14.5. The van der Waals surface area contributed by atoms with E-state index in [-0.39, 0.29) is 6.04 Å². The third-order valence-corrected chi connectivity index (χ3v) is 5.11. The van der Waals surface area contributed by atoms with E-state index in [4.69, 9.17) is 11.6 Å². The van der Waals surface area contributed by atoms with Crippen LogP contribution in [0.25, 0.3) is 0 Å². The van der Waals surface area contributed by atoms with E-state index in [0.29, 0.717) is 0 Å². The van der Waals surface area contributed by atoms with E-state index in [9.17, 15) is 0 Å². The summed E-state index contributed by atoms with van der Waals surface area (Å²) in [5, 5.41) is 4.21. The van der Waals surface area contributed by atoms with Gasteiger partial charge in [-0.05, 0) is 67.1 Å². The number of rotatable bonds is 4. The molecular weight excluding hydrogens is 346 g/mol. The average Bonchev–Trinajstić information content (AvgIpc) is 2.93. The van der Waals surface area contributed by atoms with E-state index >= 15 is 0 Å². The summed E-state index contributed by atoms with van der Waals surface area (Å²) in [5.41, 5.74) is 5.60. The predicted octanol–water partition coefficient (Wildman–Crippen LogP) is 5.09. The minimum Gasteiger partial charge on any atom is -0.313 e. The monoisotopic (exact) mass is 363 g/mol. The van der Waals surface area contributed by atoms with Crippen LogP contribution in [0.4, 0.5) is 0 Å². The van der Waals surface area contributed by atoms with Crippen LogP contribution in [-0.2, 0) is 19.3 Å². The lowest BCUT2D eigenvalue weighted by molar-refractivity contribution is 0.592. The number of hydrogen-bond acceptors (Lipinski definition) is 1. The molecule has 0 aromatic heterocycles. The number of fused-ring (bicyclic) bond motifs is 1. The number of halogens is 2. The molecule has 0 bridgehead atoms. The van der Waals surface area contributed by atoms with Gasteiger partial charge in [-0.25, -0.2) is 0 Å². The van der Waals surface area contributed by atoms with Crippen molar-refractivity contribution >= 4 is 27.5 Å². The van der Waals surface area contributed by atoms with Crippen LogP contribution in [0.15, 0.2) is 40.9 Å². The first-order valence-electron chi connectivity index (χ1n) is 7.40. The van der Waals surface area contributed by atoms with Crippen molar-refractivity contribution in [1.29, 1.82) is 0 Å². The summed E-state index contributed by atoms with van der Waals surface area (Å²) in [6.07, 6.45) is 4.73. The Morgan fingerprint density at radius 3 is 2.71 bits per heavy atom. The van der Waals surface area contributed by atoms with Crippen molar-refractivity contribution in [3.63, 3.8) is 0 Å². The van der Waals surface area contributed by atoms with Gasteiger partial charge in [0.2, 0.25) is 0 Å². The van der Waals surface area contributed by atoms with Gasteiger partial charge >= 0.3 is 0 Å². The summed E-state index contributed by atoms with van der Waals surface area (Å²) in [6, 6.07) is 13.3. The maximum atomic E-state index is 6.39. The number of benzene rings is 2. The predicted molar refractivity (Wildman–Crippen MR) is 93.1 cm³/mol. The number of aryl methyl sites for hydroxylation is 2. The van der Waals surface area contributed by atoms with Crippen LogP contribution >= 0.6 is 27.5 Å². The Hall–Kier alpha value is -0.830. The first-order chi connectivity index (χ1) is 10.2. The van der Waals surface area contributed by atoms with Gasteiger partial charge in [0.15, 0.2) is 0 Å². The van der Waals surface area contributed by atoms with Crippen molar-refractivity contribution in [2.45, 2.75) is 31.7 Å². The average molecular weight is 365 g/mol. The van der Waals surface area contributed by atoms with Gasteiger partial charge in [-0.15, -0.1) is 0 Å². The number of hydrogen-bond donors (Lipinski definition) is 1. The van der Waals surface area contributed by atoms with Crippen LogP contribution < -0.4 is 5.32 Å². The molecule has 21 heavy (non-hydrogen) atoms. The Bertz CT molecular complexity index is 654. The molecule has 0 radical (unpaired) electrons. The van der Waals surface area contributed by atoms with Gasteiger partial charge in [-0.1, -0.05) is 51.8 Å². The summed E-state index contributed by atoms with van der Waals surface area (Å²) in [5.74, 6) is 0. The SMILES string of the molecule is CNC(Cc1ccc2c(c1)CCC2)c1ccc(Br)cc1Cl. The van der Waals surface area contributed by atoms with E-state index in [1.807, 2.05) is 19.2 Å². The van der Waals surface area contributed by atoms with Gasteiger partial charge in [0.05, 0.1) is 0 Å². The van der Waals surface area contributed by atoms with Gasteiger partial charge < -0.3 is 5.32 Å². The van der Waals surface area contributed by atoms with Gasteiger partial charge in [-0.3, -0.25) is 0 Å². The molecule has 0 heterocycles. The fourth-order valence-electron chi connectivity index (χ4n) is 3.14. The molecule has 1 nitrogen and oxygen atoms in total. The molecule has 2 aromatic rings. The molecule has 110 valence electrons. The van der Waals surface area contributed by atoms with E-state index in [2.05, 4.69) is 45.5 Å². The van der Waals surface area contributed by atoms with Crippen molar-refractivity contribution in [3.8, 4) is 0 Å². The molecule has 0 aliphatic heterocycles. The molecule has 0 saturated heterocycles. The lowest BCUT2D eigenvalue weighted by Crippen LogP contribution is -2.19. The van der Waals surface area contributed by atoms with Gasteiger partial charge in [-0.2, -0.15) is 0 Å². The lowest BCUT2D eigenvalue weighted by Gasteiger charge is -2.19. The number of nitrogens with one attached hydrogen (secondary N) is 1. The van der Waals surface area contributed by atoms with Gasteiger partial charge in [0.1, 0.15) is 0 Å². The molecule has 2 aromatic carbocycles. The van der Waals surface area contributed by atoms with Crippen LogP contribution in [-0.4, -0.2) is 7.05 Å². The smallest absolute Gasteiger partial charge is 0.0465 e. The fraction of sp³-hybridized carbons (Fsp3) is 0.333. The highest BCUT2D eigenvalue weighted by molar-refractivity contribution is 9.10. The van der Waals surface area contributed by atoms with E-state index in [1.165, 1.54) is 36.0 Å². The zero-order valence-electron chi connectivity index (χ0n) is 12.1. The van der Waals surface area contributed by atoms with Crippen molar-refractivity contribution in [1.82, 2.24) is 5.32 Å². The second-order valence-corrected chi connectivity index (χ2v) is 6.99. The fourth-order valence-corrected chi connectivity index (χ4v) is 3.94. The maximum absolute atomic E-state index is 6.39. The Morgan fingerprint density at radius 2 is 1.95 bits per heavy atom. The minimum absolute atomic E-state index is 0.241. The van der Waals surface area contributed by atoms with Gasteiger partial charge in [0.25, 0.3) is 0 Å². The Balaban J connectivity index is 1.84. The Kier molecular flexibility index (Phi) is 4.68. The minimum atomic E-state index is 0.241. The molecule has 0 saturated carbocycles. The normalized spacial score (nSPS) is 15.0. The van der Waals surface area contributed by atoms with Crippen LogP contribution in [0.3, 0.4) is 0 Å². The highest BCUT2D eigenvalue weighted by atomic mass is 79.9. The molecule has 1 aliphatic carbocycles. The van der Waals surface area contributed by atoms with Crippen LogP contribution in [0.2, 0.25) is 5.02 Å². The molecule has 0 amide bonds. The largest absolute Gasteiger partial charge is 0.313 e. The van der Waals surface area contributed by atoms with Crippen molar-refractivity contribution in [3.05, 3.63) is 68.1 Å². The summed E-state index contributed by atoms with van der Waals surface area (Å²) < 4.78 is 1.02. The van der Waals surface area contributed by atoms with Crippen molar-refractivity contribution in [2.75, 3.05) is 7.05 Å². The number of likely N-dealkylation sites (N-methyl/N-ethyl adjacent to an activating group) is 1. The molecule has 1 N–H and O–H groups in total. The molecular formula is C18H19BrClN. The molecule has 1 atom stereocenters. The van der Waals surface area contributed by atoms with Crippen LogP contribution in [0.1, 0.15) is 34.7 Å². The summed E-state index contributed by atoms with van der Waals surface area (Å²) >= 11 is 9.86. The zero-order chi connectivity index (χ0) is 14.8. The third kappa shape index (κ3) is 3.33. The topological polar surface area (TPSA) is 12.0 Å². The van der Waals surface area contributed by atoms with E-state index < -0.39 is 0 Å². The van der Waals surface area contributed by atoms with E-state index in [0.717, 1.165) is 21.5 Å². The van der Waals surface area contributed by atoms with Crippen LogP contribution in [0, 0.1) is 0 Å². The van der Waals surface area contributed by atoms with E-state index in [1.54, 1.807) is 0 Å². The first kappa shape index (κ1) is 15.1. The maximum Gasteiger partial charge on any atom is 0.0465 e. The molecule has 1 unspecified atom stereocenters. The molecule has 1 aliphatic rings. The third-order valence-electron chi connectivity index (χ3n) is 4.29. The Morgan fingerprint density at radius 1 is 1.14 bits per heavy atom. The summed E-state index contributed by atoms with van der Waals surface area (Å²) in [7, 11) is 2.00. The Labute approximate surface area is 139 Å². The summed E-state index contributed by atoms with van der Waals surface area (Å²) in [4.78, 5) is 0. The second kappa shape index (κ2) is 6.51. The van der Waals surface area contributed by atoms with Crippen molar-refractivity contribution < 1.29 is 0 Å². The molecule has 0 spiro atoms. The molecule has 3 rings (SSSR count). The highest BCUT2D eigenvalue weighted by Crippen LogP contribution is 2.30. The standard InChI is InChI=1S/C18H19BrClN/c1-21-18(16-8-7-15(19)11-17(16)20)10-12-5-6-13-3-2-4-14(13)9-12/h5-9,11,18,21H,2-4,10H2,1H3. The highest BCUT2D eigenvalue weighted by Gasteiger charge is 2.16. The molecule has 3 heteroatoms.